The van der Waals surface area contributed by atoms with Crippen LogP contribution in [0.4, 0.5) is 0 Å². The van der Waals surface area contributed by atoms with E-state index < -0.39 is 0 Å². The van der Waals surface area contributed by atoms with Gasteiger partial charge >= 0.3 is 0 Å². The summed E-state index contributed by atoms with van der Waals surface area (Å²) in [7, 11) is 0. The van der Waals surface area contributed by atoms with Gasteiger partial charge in [0.05, 0.1) is 12.2 Å². The topological polar surface area (TPSA) is 33.0 Å². The average Bonchev–Trinajstić information content (AvgIpc) is 2.09. The molecule has 0 aliphatic rings. The minimum atomic E-state index is 0.391. The number of nitrogens with zero attached hydrogens (tertiary/aromatic N) is 1. The molecule has 2 nitrogen and oxygen atoms in total. The molecule has 0 atom stereocenters. The Labute approximate surface area is 76.3 Å². The van der Waals surface area contributed by atoms with Crippen LogP contribution in [0.25, 0.3) is 0 Å². The third kappa shape index (κ3) is 1.69. The standard InChI is InChI=1S/C9H8ClNO/c1-2-12-8-5-3-4-7(6-11)9(8)10/h3-5H,2H2,1H3. The Hall–Kier alpha value is -1.20. The Bertz CT molecular complexity index is 317. The summed E-state index contributed by atoms with van der Waals surface area (Å²) in [5.41, 5.74) is 0.447. The molecule has 3 heteroatoms. The van der Waals surface area contributed by atoms with Gasteiger partial charge in [0.15, 0.2) is 0 Å². The maximum atomic E-state index is 8.62. The molecule has 0 spiro atoms. The van der Waals surface area contributed by atoms with E-state index in [-0.39, 0.29) is 0 Å². The second kappa shape index (κ2) is 3.99. The molecule has 0 saturated heterocycles. The van der Waals surface area contributed by atoms with Crippen molar-refractivity contribution in [3.8, 4) is 11.8 Å². The van der Waals surface area contributed by atoms with Gasteiger partial charge < -0.3 is 4.74 Å². The van der Waals surface area contributed by atoms with Gasteiger partial charge in [-0.3, -0.25) is 0 Å². The van der Waals surface area contributed by atoms with Crippen molar-refractivity contribution in [1.29, 1.82) is 5.26 Å². The molecule has 0 unspecified atom stereocenters. The zero-order valence-corrected chi connectivity index (χ0v) is 7.43. The summed E-state index contributed by atoms with van der Waals surface area (Å²) in [6.45, 7) is 2.42. The zero-order chi connectivity index (χ0) is 8.97. The molecule has 12 heavy (non-hydrogen) atoms. The Morgan fingerprint density at radius 2 is 2.33 bits per heavy atom. The molecule has 62 valence electrons. The Morgan fingerprint density at radius 3 is 2.92 bits per heavy atom. The van der Waals surface area contributed by atoms with Gasteiger partial charge in [0, 0.05) is 0 Å². The molecule has 1 rings (SSSR count). The van der Waals surface area contributed by atoms with Gasteiger partial charge in [0.25, 0.3) is 0 Å². The van der Waals surface area contributed by atoms with Crippen LogP contribution in [0.3, 0.4) is 0 Å². The molecule has 0 aromatic heterocycles. The van der Waals surface area contributed by atoms with Crippen LogP contribution in [-0.2, 0) is 0 Å². The minimum absolute atomic E-state index is 0.391. The average molecular weight is 182 g/mol. The Balaban J connectivity index is 3.07. The summed E-state index contributed by atoms with van der Waals surface area (Å²) in [5.74, 6) is 0.568. The zero-order valence-electron chi connectivity index (χ0n) is 6.67. The fraction of sp³-hybridized carbons (Fsp3) is 0.222. The van der Waals surface area contributed by atoms with Gasteiger partial charge in [-0.15, -0.1) is 0 Å². The molecule has 0 heterocycles. The van der Waals surface area contributed by atoms with Gasteiger partial charge in [-0.1, -0.05) is 17.7 Å². The van der Waals surface area contributed by atoms with Crippen molar-refractivity contribution < 1.29 is 4.74 Å². The number of hydrogen-bond donors (Lipinski definition) is 0. The lowest BCUT2D eigenvalue weighted by Crippen LogP contribution is -1.92. The van der Waals surface area contributed by atoms with Crippen LogP contribution >= 0.6 is 11.6 Å². The number of rotatable bonds is 2. The van der Waals surface area contributed by atoms with Crippen LogP contribution in [0.15, 0.2) is 18.2 Å². The lowest BCUT2D eigenvalue weighted by atomic mass is 10.2. The fourth-order valence-electron chi connectivity index (χ4n) is 0.864. The van der Waals surface area contributed by atoms with Crippen molar-refractivity contribution in [3.63, 3.8) is 0 Å². The summed E-state index contributed by atoms with van der Waals surface area (Å²) in [6.07, 6.45) is 0. The number of halogens is 1. The van der Waals surface area contributed by atoms with Crippen molar-refractivity contribution >= 4 is 11.6 Å². The third-order valence-corrected chi connectivity index (χ3v) is 1.77. The summed E-state index contributed by atoms with van der Waals surface area (Å²) in [4.78, 5) is 0. The smallest absolute Gasteiger partial charge is 0.139 e. The summed E-state index contributed by atoms with van der Waals surface area (Å²) >= 11 is 5.84. The van der Waals surface area contributed by atoms with Crippen molar-refractivity contribution in [1.82, 2.24) is 0 Å². The molecule has 0 radical (unpaired) electrons. The minimum Gasteiger partial charge on any atom is -0.492 e. The van der Waals surface area contributed by atoms with Crippen LogP contribution in [0.5, 0.6) is 5.75 Å². The highest BCUT2D eigenvalue weighted by Crippen LogP contribution is 2.27. The molecule has 0 aliphatic carbocycles. The van der Waals surface area contributed by atoms with Crippen molar-refractivity contribution in [2.75, 3.05) is 6.61 Å². The molecule has 0 N–H and O–H groups in total. The third-order valence-electron chi connectivity index (χ3n) is 1.38. The van der Waals surface area contributed by atoms with Crippen LogP contribution in [0.2, 0.25) is 5.02 Å². The fourth-order valence-corrected chi connectivity index (χ4v) is 1.09. The van der Waals surface area contributed by atoms with E-state index in [2.05, 4.69) is 0 Å². The largest absolute Gasteiger partial charge is 0.492 e. The highest BCUT2D eigenvalue weighted by molar-refractivity contribution is 6.33. The first-order valence-electron chi connectivity index (χ1n) is 3.61. The maximum absolute atomic E-state index is 8.62. The van der Waals surface area contributed by atoms with Crippen LogP contribution in [0.1, 0.15) is 12.5 Å². The molecule has 1 aromatic rings. The molecule has 0 bridgehead atoms. The van der Waals surface area contributed by atoms with Gasteiger partial charge in [-0.2, -0.15) is 5.26 Å². The molecule has 1 aromatic carbocycles. The molecular formula is C9H8ClNO. The Kier molecular flexibility index (Phi) is 2.95. The monoisotopic (exact) mass is 181 g/mol. The summed E-state index contributed by atoms with van der Waals surface area (Å²) in [6, 6.07) is 7.13. The predicted molar refractivity (Wildman–Crippen MR) is 47.3 cm³/mol. The summed E-state index contributed by atoms with van der Waals surface area (Å²) in [5, 5.41) is 9.01. The van der Waals surface area contributed by atoms with Crippen molar-refractivity contribution in [2.45, 2.75) is 6.92 Å². The van der Waals surface area contributed by atoms with Crippen LogP contribution in [-0.4, -0.2) is 6.61 Å². The van der Waals surface area contributed by atoms with E-state index in [0.717, 1.165) is 0 Å². The molecule has 0 aliphatic heterocycles. The van der Waals surface area contributed by atoms with Gasteiger partial charge in [-0.05, 0) is 19.1 Å². The maximum Gasteiger partial charge on any atom is 0.139 e. The van der Waals surface area contributed by atoms with E-state index in [0.29, 0.717) is 22.9 Å². The first-order chi connectivity index (χ1) is 5.79. The highest BCUT2D eigenvalue weighted by atomic mass is 35.5. The Morgan fingerprint density at radius 1 is 1.58 bits per heavy atom. The van der Waals surface area contributed by atoms with E-state index in [9.17, 15) is 0 Å². The van der Waals surface area contributed by atoms with Crippen LogP contribution in [0, 0.1) is 11.3 Å². The molecule has 0 amide bonds. The number of ether oxygens (including phenoxy) is 1. The normalized spacial score (nSPS) is 9.08. The SMILES string of the molecule is CCOc1cccc(C#N)c1Cl. The van der Waals surface area contributed by atoms with Crippen LogP contribution < -0.4 is 4.74 Å². The van der Waals surface area contributed by atoms with E-state index in [4.69, 9.17) is 21.6 Å². The van der Waals surface area contributed by atoms with Gasteiger partial charge in [0.1, 0.15) is 16.8 Å². The number of hydrogen-bond acceptors (Lipinski definition) is 2. The quantitative estimate of drug-likeness (QED) is 0.703. The lowest BCUT2D eigenvalue weighted by Gasteiger charge is -2.04. The van der Waals surface area contributed by atoms with E-state index in [1.807, 2.05) is 13.0 Å². The van der Waals surface area contributed by atoms with Gasteiger partial charge in [-0.25, -0.2) is 0 Å². The van der Waals surface area contributed by atoms with E-state index in [1.165, 1.54) is 0 Å². The molecule has 0 saturated carbocycles. The molecular weight excluding hydrogens is 174 g/mol. The van der Waals surface area contributed by atoms with E-state index in [1.54, 1.807) is 18.2 Å². The predicted octanol–water partition coefficient (Wildman–Crippen LogP) is 2.61. The number of nitriles is 1. The number of benzene rings is 1. The second-order valence-corrected chi connectivity index (χ2v) is 2.54. The van der Waals surface area contributed by atoms with E-state index >= 15 is 0 Å². The van der Waals surface area contributed by atoms with Gasteiger partial charge in [0.2, 0.25) is 0 Å². The second-order valence-electron chi connectivity index (χ2n) is 2.16. The first kappa shape index (κ1) is 8.89. The summed E-state index contributed by atoms with van der Waals surface area (Å²) < 4.78 is 5.20. The molecule has 0 fully saturated rings. The van der Waals surface area contributed by atoms with Crippen molar-refractivity contribution in [2.24, 2.45) is 0 Å². The highest BCUT2D eigenvalue weighted by Gasteiger charge is 2.04. The first-order valence-corrected chi connectivity index (χ1v) is 3.98. The lowest BCUT2D eigenvalue weighted by molar-refractivity contribution is 0.340. The van der Waals surface area contributed by atoms with Crippen molar-refractivity contribution in [3.05, 3.63) is 28.8 Å².